The smallest absolute Gasteiger partial charge is 0.222 e. The van der Waals surface area contributed by atoms with Crippen molar-refractivity contribution in [2.45, 2.75) is 12.5 Å². The molecule has 0 spiro atoms. The molecule has 0 radical (unpaired) electrons. The zero-order chi connectivity index (χ0) is 8.01. The van der Waals surface area contributed by atoms with Gasteiger partial charge in [-0.05, 0) is 18.3 Å². The van der Waals surface area contributed by atoms with Gasteiger partial charge in [0.25, 0.3) is 0 Å². The summed E-state index contributed by atoms with van der Waals surface area (Å²) in [6.45, 7) is 0. The van der Waals surface area contributed by atoms with Crippen LogP contribution in [-0.4, -0.2) is 11.9 Å². The lowest BCUT2D eigenvalue weighted by Gasteiger charge is -2.20. The Morgan fingerprint density at radius 3 is 2.36 bits per heavy atom. The lowest BCUT2D eigenvalue weighted by molar-refractivity contribution is -0.122. The Hall–Kier alpha value is -0.830. The molecular formula is C8H12N2O. The monoisotopic (exact) mass is 152 g/mol. The van der Waals surface area contributed by atoms with Gasteiger partial charge in [0.05, 0.1) is 5.92 Å². The lowest BCUT2D eigenvalue weighted by atomic mass is 9.89. The van der Waals surface area contributed by atoms with Crippen LogP contribution in [0.3, 0.4) is 0 Å². The summed E-state index contributed by atoms with van der Waals surface area (Å²) in [4.78, 5) is 10.9. The molecule has 0 heterocycles. The summed E-state index contributed by atoms with van der Waals surface area (Å²) < 4.78 is 0. The number of hydrogen-bond acceptors (Lipinski definition) is 2. The zero-order valence-electron chi connectivity index (χ0n) is 6.23. The molecule has 4 N–H and O–H groups in total. The Morgan fingerprint density at radius 1 is 1.36 bits per heavy atom. The highest BCUT2D eigenvalue weighted by atomic mass is 16.1. The van der Waals surface area contributed by atoms with Gasteiger partial charge in [-0.2, -0.15) is 0 Å². The molecule has 2 aliphatic rings. The second kappa shape index (κ2) is 2.08. The fourth-order valence-electron chi connectivity index (χ4n) is 2.26. The number of carbonyl (C=O) groups excluding carboxylic acids is 1. The summed E-state index contributed by atoms with van der Waals surface area (Å²) in [5.41, 5.74) is 11.0. The Balaban J connectivity index is 2.25. The SMILES string of the molecule is NC(=O)[C@H]1C2C=CC(C2)[C@H]1N. The maximum atomic E-state index is 10.9. The standard InChI is InChI=1S/C8H12N2O/c9-7-5-2-1-4(3-5)6(7)8(10)11/h1-2,4-7H,3,9H2,(H2,10,11)/t4?,5?,6-,7+/m0/s1. The molecule has 1 saturated carbocycles. The number of primary amides is 1. The number of nitrogens with two attached hydrogens (primary N) is 2. The fraction of sp³-hybridized carbons (Fsp3) is 0.625. The topological polar surface area (TPSA) is 69.1 Å². The van der Waals surface area contributed by atoms with Crippen molar-refractivity contribution in [1.82, 2.24) is 0 Å². The molecule has 1 amide bonds. The number of fused-ring (bicyclic) bond motifs is 2. The number of hydrogen-bond donors (Lipinski definition) is 2. The Kier molecular flexibility index (Phi) is 1.29. The highest BCUT2D eigenvalue weighted by molar-refractivity contribution is 5.79. The van der Waals surface area contributed by atoms with Crippen LogP contribution in [0, 0.1) is 17.8 Å². The Bertz CT molecular complexity index is 224. The quantitative estimate of drug-likeness (QED) is 0.503. The van der Waals surface area contributed by atoms with Crippen molar-refractivity contribution >= 4 is 5.91 Å². The Morgan fingerprint density at radius 2 is 2.00 bits per heavy atom. The van der Waals surface area contributed by atoms with Crippen molar-refractivity contribution in [3.63, 3.8) is 0 Å². The van der Waals surface area contributed by atoms with Gasteiger partial charge < -0.3 is 11.5 Å². The minimum atomic E-state index is -0.241. The highest BCUT2D eigenvalue weighted by Gasteiger charge is 2.45. The van der Waals surface area contributed by atoms with Crippen LogP contribution in [-0.2, 0) is 4.79 Å². The maximum Gasteiger partial charge on any atom is 0.222 e. The molecular weight excluding hydrogens is 140 g/mol. The molecule has 3 nitrogen and oxygen atoms in total. The highest BCUT2D eigenvalue weighted by Crippen LogP contribution is 2.42. The second-order valence-corrected chi connectivity index (χ2v) is 3.45. The molecule has 0 saturated heterocycles. The first-order valence-corrected chi connectivity index (χ1v) is 3.93. The van der Waals surface area contributed by atoms with Crippen molar-refractivity contribution in [3.05, 3.63) is 12.2 Å². The van der Waals surface area contributed by atoms with E-state index in [9.17, 15) is 4.79 Å². The first kappa shape index (κ1) is 6.85. The predicted octanol–water partition coefficient (Wildman–Crippen LogP) is -0.379. The van der Waals surface area contributed by atoms with E-state index in [4.69, 9.17) is 11.5 Å². The third-order valence-electron chi connectivity index (χ3n) is 2.85. The molecule has 4 atom stereocenters. The van der Waals surface area contributed by atoms with E-state index >= 15 is 0 Å². The molecule has 0 aliphatic heterocycles. The van der Waals surface area contributed by atoms with Gasteiger partial charge in [0.15, 0.2) is 0 Å². The number of amides is 1. The summed E-state index contributed by atoms with van der Waals surface area (Å²) in [5, 5.41) is 0. The average molecular weight is 152 g/mol. The van der Waals surface area contributed by atoms with Gasteiger partial charge in [-0.1, -0.05) is 12.2 Å². The summed E-state index contributed by atoms with van der Waals surface area (Å²) in [7, 11) is 0. The number of rotatable bonds is 1. The van der Waals surface area contributed by atoms with E-state index < -0.39 is 0 Å². The van der Waals surface area contributed by atoms with Crippen molar-refractivity contribution in [2.24, 2.45) is 29.2 Å². The van der Waals surface area contributed by atoms with E-state index in [-0.39, 0.29) is 17.9 Å². The first-order chi connectivity index (χ1) is 5.20. The minimum Gasteiger partial charge on any atom is -0.369 e. The van der Waals surface area contributed by atoms with Gasteiger partial charge >= 0.3 is 0 Å². The third kappa shape index (κ3) is 0.807. The Labute approximate surface area is 65.4 Å². The van der Waals surface area contributed by atoms with E-state index in [1.807, 2.05) is 0 Å². The van der Waals surface area contributed by atoms with Crippen LogP contribution < -0.4 is 11.5 Å². The molecule has 60 valence electrons. The first-order valence-electron chi connectivity index (χ1n) is 3.93. The molecule has 2 bridgehead atoms. The van der Waals surface area contributed by atoms with Crippen LogP contribution >= 0.6 is 0 Å². The molecule has 2 rings (SSSR count). The largest absolute Gasteiger partial charge is 0.369 e. The van der Waals surface area contributed by atoms with Crippen LogP contribution in [0.25, 0.3) is 0 Å². The van der Waals surface area contributed by atoms with E-state index in [0.29, 0.717) is 11.8 Å². The molecule has 0 aromatic rings. The van der Waals surface area contributed by atoms with Crippen LogP contribution in [0.4, 0.5) is 0 Å². The van der Waals surface area contributed by atoms with Crippen LogP contribution in [0.2, 0.25) is 0 Å². The van der Waals surface area contributed by atoms with Crippen molar-refractivity contribution < 1.29 is 4.79 Å². The van der Waals surface area contributed by atoms with Crippen LogP contribution in [0.5, 0.6) is 0 Å². The van der Waals surface area contributed by atoms with E-state index in [2.05, 4.69) is 12.2 Å². The van der Waals surface area contributed by atoms with Gasteiger partial charge in [-0.25, -0.2) is 0 Å². The molecule has 1 fully saturated rings. The molecule has 11 heavy (non-hydrogen) atoms. The lowest BCUT2D eigenvalue weighted by Crippen LogP contribution is -2.41. The van der Waals surface area contributed by atoms with Gasteiger partial charge in [0, 0.05) is 6.04 Å². The van der Waals surface area contributed by atoms with Crippen molar-refractivity contribution in [2.75, 3.05) is 0 Å². The molecule has 0 aromatic heterocycles. The van der Waals surface area contributed by atoms with E-state index in [0.717, 1.165) is 6.42 Å². The summed E-state index contributed by atoms with van der Waals surface area (Å²) in [5.74, 6) is 0.379. The van der Waals surface area contributed by atoms with Crippen molar-refractivity contribution in [1.29, 1.82) is 0 Å². The second-order valence-electron chi connectivity index (χ2n) is 3.45. The molecule has 0 aromatic carbocycles. The minimum absolute atomic E-state index is 0.0255. The van der Waals surface area contributed by atoms with E-state index in [1.54, 1.807) is 0 Å². The summed E-state index contributed by atoms with van der Waals surface area (Å²) in [6.07, 6.45) is 5.20. The van der Waals surface area contributed by atoms with Gasteiger partial charge in [0.1, 0.15) is 0 Å². The normalized spacial score (nSPS) is 46.6. The van der Waals surface area contributed by atoms with Gasteiger partial charge in [0.2, 0.25) is 5.91 Å². The van der Waals surface area contributed by atoms with Gasteiger partial charge in [-0.15, -0.1) is 0 Å². The zero-order valence-corrected chi connectivity index (χ0v) is 6.23. The molecule has 2 unspecified atom stereocenters. The predicted molar refractivity (Wildman–Crippen MR) is 41.4 cm³/mol. The van der Waals surface area contributed by atoms with Gasteiger partial charge in [-0.3, -0.25) is 4.79 Å². The fourth-order valence-corrected chi connectivity index (χ4v) is 2.26. The third-order valence-corrected chi connectivity index (χ3v) is 2.85. The average Bonchev–Trinajstić information content (AvgIpc) is 2.44. The van der Waals surface area contributed by atoms with E-state index in [1.165, 1.54) is 0 Å². The maximum absolute atomic E-state index is 10.9. The number of carbonyl (C=O) groups is 1. The number of allylic oxidation sites excluding steroid dienone is 1. The van der Waals surface area contributed by atoms with Crippen LogP contribution in [0.1, 0.15) is 6.42 Å². The molecule has 3 heteroatoms. The molecule has 2 aliphatic carbocycles. The summed E-state index contributed by atoms with van der Waals surface area (Å²) in [6, 6.07) is -0.0255. The van der Waals surface area contributed by atoms with Crippen molar-refractivity contribution in [3.8, 4) is 0 Å². The summed E-state index contributed by atoms with van der Waals surface area (Å²) >= 11 is 0. The van der Waals surface area contributed by atoms with Crippen LogP contribution in [0.15, 0.2) is 12.2 Å².